The van der Waals surface area contributed by atoms with Gasteiger partial charge in [-0.05, 0) is 43.7 Å². The first-order chi connectivity index (χ1) is 12.4. The highest BCUT2D eigenvalue weighted by Crippen LogP contribution is 2.34. The summed E-state index contributed by atoms with van der Waals surface area (Å²) in [6.07, 6.45) is 4.37. The van der Waals surface area contributed by atoms with Crippen molar-refractivity contribution in [1.82, 2.24) is 4.31 Å². The molecule has 26 heavy (non-hydrogen) atoms. The minimum Gasteiger partial charge on any atom is -0.396 e. The third-order valence-electron chi connectivity index (χ3n) is 5.21. The van der Waals surface area contributed by atoms with Crippen molar-refractivity contribution >= 4 is 21.4 Å². The molecule has 0 bridgehead atoms. The molecule has 0 unspecified atom stereocenters. The molecule has 9 heteroatoms. The fraction of sp³-hybridized carbons (Fsp3) is 0.647. The minimum absolute atomic E-state index is 0.0226. The molecule has 0 amide bonds. The van der Waals surface area contributed by atoms with E-state index in [4.69, 9.17) is 0 Å². The standard InChI is InChI=1S/C17H25N3O5S/c21-13-14-5-4-8-18(12-14)16-7-6-15(11-17(16)20(22)23)26(24,25)19-9-2-1-3-10-19/h6-7,11,14,21H,1-5,8-10,12-13H2/t14-/m0/s1. The zero-order valence-electron chi connectivity index (χ0n) is 14.7. The van der Waals surface area contributed by atoms with Crippen LogP contribution in [-0.4, -0.2) is 55.5 Å². The Morgan fingerprint density at radius 3 is 2.54 bits per heavy atom. The van der Waals surface area contributed by atoms with E-state index < -0.39 is 14.9 Å². The van der Waals surface area contributed by atoms with E-state index in [1.807, 2.05) is 4.90 Å². The molecule has 2 saturated heterocycles. The summed E-state index contributed by atoms with van der Waals surface area (Å²) in [5, 5.41) is 21.0. The molecule has 1 aromatic carbocycles. The largest absolute Gasteiger partial charge is 0.396 e. The summed E-state index contributed by atoms with van der Waals surface area (Å²) >= 11 is 0. The zero-order chi connectivity index (χ0) is 18.7. The molecule has 2 fully saturated rings. The van der Waals surface area contributed by atoms with Crippen molar-refractivity contribution in [1.29, 1.82) is 0 Å². The van der Waals surface area contributed by atoms with Gasteiger partial charge < -0.3 is 10.0 Å². The van der Waals surface area contributed by atoms with E-state index in [-0.39, 0.29) is 23.1 Å². The average molecular weight is 383 g/mol. The molecule has 0 aromatic heterocycles. The number of sulfonamides is 1. The number of piperidine rings is 2. The predicted molar refractivity (Wildman–Crippen MR) is 97.7 cm³/mol. The average Bonchev–Trinajstić information content (AvgIpc) is 2.68. The number of rotatable bonds is 5. The van der Waals surface area contributed by atoms with Crippen LogP contribution in [0.5, 0.6) is 0 Å². The summed E-state index contributed by atoms with van der Waals surface area (Å²) in [7, 11) is -3.71. The second-order valence-electron chi connectivity index (χ2n) is 7.01. The van der Waals surface area contributed by atoms with Gasteiger partial charge in [0, 0.05) is 38.9 Å². The molecule has 2 aliphatic heterocycles. The molecule has 1 atom stereocenters. The summed E-state index contributed by atoms with van der Waals surface area (Å²) in [6, 6.07) is 4.19. The lowest BCUT2D eigenvalue weighted by atomic mass is 9.98. The van der Waals surface area contributed by atoms with Gasteiger partial charge in [0.15, 0.2) is 0 Å². The maximum absolute atomic E-state index is 12.8. The third kappa shape index (κ3) is 3.84. The van der Waals surface area contributed by atoms with Crippen LogP contribution in [0.3, 0.4) is 0 Å². The molecule has 0 aliphatic carbocycles. The highest BCUT2D eigenvalue weighted by molar-refractivity contribution is 7.89. The zero-order valence-corrected chi connectivity index (χ0v) is 15.5. The Morgan fingerprint density at radius 1 is 1.15 bits per heavy atom. The molecule has 1 aromatic rings. The number of aliphatic hydroxyl groups excluding tert-OH is 1. The Morgan fingerprint density at radius 2 is 1.88 bits per heavy atom. The van der Waals surface area contributed by atoms with Gasteiger partial charge in [-0.2, -0.15) is 4.31 Å². The van der Waals surface area contributed by atoms with Crippen molar-refractivity contribution in [3.8, 4) is 0 Å². The van der Waals surface area contributed by atoms with Crippen LogP contribution in [0.15, 0.2) is 23.1 Å². The van der Waals surface area contributed by atoms with E-state index in [9.17, 15) is 23.6 Å². The Kier molecular flexibility index (Phi) is 5.79. The van der Waals surface area contributed by atoms with Gasteiger partial charge in [0.2, 0.25) is 10.0 Å². The highest BCUT2D eigenvalue weighted by atomic mass is 32.2. The van der Waals surface area contributed by atoms with E-state index >= 15 is 0 Å². The summed E-state index contributed by atoms with van der Waals surface area (Å²) in [5.74, 6) is 0.0834. The van der Waals surface area contributed by atoms with E-state index in [1.54, 1.807) is 0 Å². The molecular formula is C17H25N3O5S. The molecule has 0 saturated carbocycles. The second kappa shape index (κ2) is 7.89. The third-order valence-corrected chi connectivity index (χ3v) is 7.11. The molecule has 3 rings (SSSR count). The van der Waals surface area contributed by atoms with Gasteiger partial charge >= 0.3 is 0 Å². The number of nitro groups is 1. The van der Waals surface area contributed by atoms with Crippen molar-refractivity contribution in [2.45, 2.75) is 37.0 Å². The lowest BCUT2D eigenvalue weighted by Gasteiger charge is -2.33. The monoisotopic (exact) mass is 383 g/mol. The Bertz CT molecular complexity index is 762. The van der Waals surface area contributed by atoms with Crippen LogP contribution < -0.4 is 4.90 Å². The molecule has 1 N–H and O–H groups in total. The topological polar surface area (TPSA) is 104 Å². The quantitative estimate of drug-likeness (QED) is 0.616. The SMILES string of the molecule is O=[N+]([O-])c1cc(S(=O)(=O)N2CCCCC2)ccc1N1CCC[C@H](CO)C1. The maximum Gasteiger partial charge on any atom is 0.293 e. The van der Waals surface area contributed by atoms with Crippen LogP contribution in [0.1, 0.15) is 32.1 Å². The summed E-state index contributed by atoms with van der Waals surface area (Å²) in [6.45, 7) is 2.17. The van der Waals surface area contributed by atoms with E-state index in [1.165, 1.54) is 22.5 Å². The molecular weight excluding hydrogens is 358 g/mol. The van der Waals surface area contributed by atoms with Crippen LogP contribution in [0.25, 0.3) is 0 Å². The summed E-state index contributed by atoms with van der Waals surface area (Å²) in [5.41, 5.74) is 0.229. The van der Waals surface area contributed by atoms with Gasteiger partial charge in [-0.15, -0.1) is 0 Å². The fourth-order valence-corrected chi connectivity index (χ4v) is 5.30. The molecule has 2 aliphatic rings. The van der Waals surface area contributed by atoms with Crippen LogP contribution in [-0.2, 0) is 10.0 Å². The van der Waals surface area contributed by atoms with Crippen LogP contribution in [0.4, 0.5) is 11.4 Å². The van der Waals surface area contributed by atoms with Gasteiger partial charge in [0.1, 0.15) is 5.69 Å². The Labute approximate surface area is 153 Å². The first-order valence-electron chi connectivity index (χ1n) is 9.08. The van der Waals surface area contributed by atoms with Crippen molar-refractivity contribution in [2.75, 3.05) is 37.7 Å². The van der Waals surface area contributed by atoms with Crippen LogP contribution in [0, 0.1) is 16.0 Å². The van der Waals surface area contributed by atoms with Gasteiger partial charge in [0.05, 0.1) is 9.82 Å². The number of benzene rings is 1. The molecule has 2 heterocycles. The lowest BCUT2D eigenvalue weighted by Crippen LogP contribution is -2.37. The molecule has 0 radical (unpaired) electrons. The second-order valence-corrected chi connectivity index (χ2v) is 8.95. The van der Waals surface area contributed by atoms with E-state index in [0.717, 1.165) is 32.1 Å². The normalized spacial score (nSPS) is 22.3. The maximum atomic E-state index is 12.8. The van der Waals surface area contributed by atoms with Crippen LogP contribution >= 0.6 is 0 Å². The Balaban J connectivity index is 1.93. The fourth-order valence-electron chi connectivity index (χ4n) is 3.76. The van der Waals surface area contributed by atoms with Gasteiger partial charge in [-0.25, -0.2) is 8.42 Å². The van der Waals surface area contributed by atoms with Crippen molar-refractivity contribution in [3.05, 3.63) is 28.3 Å². The Hall–Kier alpha value is -1.71. The number of aliphatic hydroxyl groups is 1. The molecule has 144 valence electrons. The minimum atomic E-state index is -3.71. The smallest absolute Gasteiger partial charge is 0.293 e. The first-order valence-corrected chi connectivity index (χ1v) is 10.5. The predicted octanol–water partition coefficient (Wildman–Crippen LogP) is 1.98. The number of hydrogen-bond acceptors (Lipinski definition) is 6. The van der Waals surface area contributed by atoms with Crippen molar-refractivity contribution < 1.29 is 18.4 Å². The highest BCUT2D eigenvalue weighted by Gasteiger charge is 2.30. The summed E-state index contributed by atoms with van der Waals surface area (Å²) < 4.78 is 27.0. The van der Waals surface area contributed by atoms with Gasteiger partial charge in [-0.1, -0.05) is 6.42 Å². The molecule has 8 nitrogen and oxygen atoms in total. The van der Waals surface area contributed by atoms with E-state index in [2.05, 4.69) is 0 Å². The number of hydrogen-bond donors (Lipinski definition) is 1. The van der Waals surface area contributed by atoms with Gasteiger partial charge in [0.25, 0.3) is 5.69 Å². The van der Waals surface area contributed by atoms with Crippen molar-refractivity contribution in [2.24, 2.45) is 5.92 Å². The lowest BCUT2D eigenvalue weighted by molar-refractivity contribution is -0.384. The van der Waals surface area contributed by atoms with Crippen molar-refractivity contribution in [3.63, 3.8) is 0 Å². The number of nitrogens with zero attached hydrogens (tertiary/aromatic N) is 3. The first kappa shape index (κ1) is 19.1. The van der Waals surface area contributed by atoms with Crippen LogP contribution in [0.2, 0.25) is 0 Å². The summed E-state index contributed by atoms with van der Waals surface area (Å²) in [4.78, 5) is 12.9. The number of anilines is 1. The molecule has 0 spiro atoms. The van der Waals surface area contributed by atoms with Gasteiger partial charge in [-0.3, -0.25) is 10.1 Å². The van der Waals surface area contributed by atoms with E-state index in [0.29, 0.717) is 31.9 Å². The number of nitro benzene ring substituents is 1.